The molecule has 0 aromatic heterocycles. The number of benzene rings is 1. The summed E-state index contributed by atoms with van der Waals surface area (Å²) in [5.74, 6) is 0. The molecule has 21 heavy (non-hydrogen) atoms. The van der Waals surface area contributed by atoms with Crippen LogP contribution in [0.1, 0.15) is 29.5 Å². The summed E-state index contributed by atoms with van der Waals surface area (Å²) in [6.45, 7) is 8.77. The number of hydrogen-bond acceptors (Lipinski definition) is 3. The van der Waals surface area contributed by atoms with E-state index >= 15 is 0 Å². The zero-order valence-corrected chi connectivity index (χ0v) is 13.9. The number of hydrogen-bond donors (Lipinski definition) is 0. The average molecular weight is 308 g/mol. The van der Waals surface area contributed by atoms with Crippen LogP contribution in [0.5, 0.6) is 0 Å². The summed E-state index contributed by atoms with van der Waals surface area (Å²) in [4.78, 5) is 2.94. The molecule has 1 saturated carbocycles. The molecule has 1 aliphatic carbocycles. The maximum absolute atomic E-state index is 12.9. The molecule has 1 heterocycles. The van der Waals surface area contributed by atoms with E-state index in [-0.39, 0.29) is 0 Å². The summed E-state index contributed by atoms with van der Waals surface area (Å²) in [5, 5.41) is 0. The van der Waals surface area contributed by atoms with Gasteiger partial charge in [-0.2, -0.15) is 4.31 Å². The summed E-state index contributed by atoms with van der Waals surface area (Å²) in [7, 11) is -3.36. The summed E-state index contributed by atoms with van der Waals surface area (Å²) in [5.41, 5.74) is 2.83. The number of aryl methyl sites for hydroxylation is 3. The molecule has 3 rings (SSSR count). The molecule has 4 nitrogen and oxygen atoms in total. The highest BCUT2D eigenvalue weighted by Gasteiger charge is 2.35. The molecule has 5 heteroatoms. The second-order valence-corrected chi connectivity index (χ2v) is 8.27. The predicted octanol–water partition coefficient (Wildman–Crippen LogP) is 2.08. The molecule has 0 atom stereocenters. The summed E-state index contributed by atoms with van der Waals surface area (Å²) < 4.78 is 27.5. The highest BCUT2D eigenvalue weighted by atomic mass is 32.2. The topological polar surface area (TPSA) is 40.6 Å². The lowest BCUT2D eigenvalue weighted by Gasteiger charge is -2.34. The van der Waals surface area contributed by atoms with Crippen molar-refractivity contribution in [3.8, 4) is 0 Å². The zero-order chi connectivity index (χ0) is 15.2. The standard InChI is InChI=1S/C16H24N2O2S/c1-12-10-13(2)16(14(3)11-12)21(19,20)18-8-6-17(7-9-18)15-4-5-15/h10-11,15H,4-9H2,1-3H3. The van der Waals surface area contributed by atoms with E-state index in [4.69, 9.17) is 0 Å². The first-order valence-electron chi connectivity index (χ1n) is 7.71. The van der Waals surface area contributed by atoms with E-state index in [2.05, 4.69) is 4.90 Å². The van der Waals surface area contributed by atoms with Gasteiger partial charge < -0.3 is 0 Å². The van der Waals surface area contributed by atoms with Crippen LogP contribution in [0, 0.1) is 20.8 Å². The van der Waals surface area contributed by atoms with Gasteiger partial charge in [-0.3, -0.25) is 4.90 Å². The molecule has 1 aromatic rings. The van der Waals surface area contributed by atoms with E-state index < -0.39 is 10.0 Å². The third-order valence-corrected chi connectivity index (χ3v) is 6.74. The Morgan fingerprint density at radius 2 is 1.48 bits per heavy atom. The molecule has 0 radical (unpaired) electrons. The van der Waals surface area contributed by atoms with Crippen molar-refractivity contribution in [3.05, 3.63) is 28.8 Å². The van der Waals surface area contributed by atoms with E-state index in [1.165, 1.54) is 12.8 Å². The SMILES string of the molecule is Cc1cc(C)c(S(=O)(=O)N2CCN(C3CC3)CC2)c(C)c1. The second-order valence-electron chi connectivity index (χ2n) is 6.40. The molecule has 0 bridgehead atoms. The van der Waals surface area contributed by atoms with Crippen LogP contribution >= 0.6 is 0 Å². The maximum atomic E-state index is 12.9. The molecule has 0 amide bonds. The van der Waals surface area contributed by atoms with Gasteiger partial charge in [-0.05, 0) is 44.7 Å². The van der Waals surface area contributed by atoms with Crippen molar-refractivity contribution >= 4 is 10.0 Å². The summed E-state index contributed by atoms with van der Waals surface area (Å²) in [6.07, 6.45) is 2.56. The zero-order valence-electron chi connectivity index (χ0n) is 13.1. The van der Waals surface area contributed by atoms with E-state index in [0.29, 0.717) is 18.0 Å². The van der Waals surface area contributed by atoms with Gasteiger partial charge in [0.15, 0.2) is 0 Å². The Balaban J connectivity index is 1.84. The fourth-order valence-electron chi connectivity index (χ4n) is 3.45. The lowest BCUT2D eigenvalue weighted by atomic mass is 10.1. The van der Waals surface area contributed by atoms with Crippen molar-refractivity contribution in [3.63, 3.8) is 0 Å². The minimum Gasteiger partial charge on any atom is -0.298 e. The van der Waals surface area contributed by atoms with E-state index in [1.807, 2.05) is 32.9 Å². The molecule has 0 N–H and O–H groups in total. The van der Waals surface area contributed by atoms with Gasteiger partial charge in [0.25, 0.3) is 0 Å². The summed E-state index contributed by atoms with van der Waals surface area (Å²) >= 11 is 0. The third-order valence-electron chi connectivity index (χ3n) is 4.54. The Morgan fingerprint density at radius 1 is 0.952 bits per heavy atom. The number of piperazine rings is 1. The number of rotatable bonds is 3. The van der Waals surface area contributed by atoms with Crippen molar-refractivity contribution < 1.29 is 8.42 Å². The van der Waals surface area contributed by atoms with Crippen LogP contribution in [0.3, 0.4) is 0 Å². The Labute approximate surface area is 127 Å². The minimum atomic E-state index is -3.36. The van der Waals surface area contributed by atoms with Gasteiger partial charge in [0.2, 0.25) is 10.0 Å². The Bertz CT molecular complexity index is 619. The van der Waals surface area contributed by atoms with E-state index in [1.54, 1.807) is 4.31 Å². The van der Waals surface area contributed by atoms with Crippen LogP contribution in [-0.4, -0.2) is 49.8 Å². The van der Waals surface area contributed by atoms with Crippen molar-refractivity contribution in [1.82, 2.24) is 9.21 Å². The Hall–Kier alpha value is -0.910. The molecular weight excluding hydrogens is 284 g/mol. The molecule has 116 valence electrons. The van der Waals surface area contributed by atoms with Crippen molar-refractivity contribution in [1.29, 1.82) is 0 Å². The molecule has 0 unspecified atom stereocenters. The highest BCUT2D eigenvalue weighted by molar-refractivity contribution is 7.89. The highest BCUT2D eigenvalue weighted by Crippen LogP contribution is 2.30. The van der Waals surface area contributed by atoms with Gasteiger partial charge in [-0.15, -0.1) is 0 Å². The summed E-state index contributed by atoms with van der Waals surface area (Å²) in [6, 6.07) is 4.64. The van der Waals surface area contributed by atoms with Crippen molar-refractivity contribution in [2.75, 3.05) is 26.2 Å². The van der Waals surface area contributed by atoms with Gasteiger partial charge in [-0.1, -0.05) is 17.7 Å². The van der Waals surface area contributed by atoms with Crippen LogP contribution in [0.25, 0.3) is 0 Å². The first kappa shape index (κ1) is 15.0. The molecule has 2 aliphatic rings. The lowest BCUT2D eigenvalue weighted by Crippen LogP contribution is -2.49. The van der Waals surface area contributed by atoms with Gasteiger partial charge in [-0.25, -0.2) is 8.42 Å². The van der Waals surface area contributed by atoms with Crippen LogP contribution in [-0.2, 0) is 10.0 Å². The monoisotopic (exact) mass is 308 g/mol. The average Bonchev–Trinajstić information content (AvgIpc) is 3.21. The normalized spacial score (nSPS) is 21.7. The maximum Gasteiger partial charge on any atom is 0.243 e. The quantitative estimate of drug-likeness (QED) is 0.858. The van der Waals surface area contributed by atoms with E-state index in [9.17, 15) is 8.42 Å². The van der Waals surface area contributed by atoms with Gasteiger partial charge in [0, 0.05) is 32.2 Å². The Kier molecular flexibility index (Phi) is 3.84. The molecule has 1 saturated heterocycles. The third kappa shape index (κ3) is 2.87. The fourth-order valence-corrected chi connectivity index (χ4v) is 5.29. The van der Waals surface area contributed by atoms with E-state index in [0.717, 1.165) is 35.8 Å². The van der Waals surface area contributed by atoms with Gasteiger partial charge in [0.05, 0.1) is 4.90 Å². The number of nitrogens with zero attached hydrogens (tertiary/aromatic N) is 2. The van der Waals surface area contributed by atoms with Gasteiger partial charge in [0.1, 0.15) is 0 Å². The molecule has 2 fully saturated rings. The van der Waals surface area contributed by atoms with Gasteiger partial charge >= 0.3 is 0 Å². The predicted molar refractivity (Wildman–Crippen MR) is 84.0 cm³/mol. The molecule has 0 spiro atoms. The number of sulfonamides is 1. The second kappa shape index (κ2) is 5.38. The van der Waals surface area contributed by atoms with Crippen molar-refractivity contribution in [2.45, 2.75) is 44.6 Å². The first-order valence-corrected chi connectivity index (χ1v) is 9.15. The largest absolute Gasteiger partial charge is 0.298 e. The first-order chi connectivity index (χ1) is 9.89. The molecule has 1 aliphatic heterocycles. The van der Waals surface area contributed by atoms with Crippen LogP contribution in [0.15, 0.2) is 17.0 Å². The minimum absolute atomic E-state index is 0.507. The van der Waals surface area contributed by atoms with Crippen LogP contribution < -0.4 is 0 Å². The fraction of sp³-hybridized carbons (Fsp3) is 0.625. The van der Waals surface area contributed by atoms with Crippen molar-refractivity contribution in [2.24, 2.45) is 0 Å². The van der Waals surface area contributed by atoms with Crippen LogP contribution in [0.2, 0.25) is 0 Å². The van der Waals surface area contributed by atoms with Crippen LogP contribution in [0.4, 0.5) is 0 Å². The Morgan fingerprint density at radius 3 is 1.95 bits per heavy atom. The molecular formula is C16H24N2O2S. The smallest absolute Gasteiger partial charge is 0.243 e. The lowest BCUT2D eigenvalue weighted by molar-refractivity contribution is 0.180. The molecule has 1 aromatic carbocycles.